The summed E-state index contributed by atoms with van der Waals surface area (Å²) in [6, 6.07) is 11.7. The molecular weight excluding hydrogens is 420 g/mol. The van der Waals surface area contributed by atoms with Gasteiger partial charge in [0.15, 0.2) is 0 Å². The maximum atomic E-state index is 13.0. The highest BCUT2D eigenvalue weighted by Crippen LogP contribution is 2.28. The van der Waals surface area contributed by atoms with E-state index in [9.17, 15) is 9.59 Å². The van der Waals surface area contributed by atoms with E-state index in [1.165, 1.54) is 16.0 Å². The Hall–Kier alpha value is -3.59. The number of amides is 2. The lowest BCUT2D eigenvalue weighted by atomic mass is 10.0. The third-order valence-corrected chi connectivity index (χ3v) is 6.44. The fraction of sp³-hybridized carbons (Fsp3) is 0.375. The molecule has 1 fully saturated rings. The lowest BCUT2D eigenvalue weighted by Gasteiger charge is -2.39. The highest BCUT2D eigenvalue weighted by atomic mass is 16.5. The predicted octanol–water partition coefficient (Wildman–Crippen LogP) is 1.45. The Bertz CT molecular complexity index is 1120. The van der Waals surface area contributed by atoms with Crippen LogP contribution in [0.2, 0.25) is 0 Å². The summed E-state index contributed by atoms with van der Waals surface area (Å²) in [6.45, 7) is 1.52. The van der Waals surface area contributed by atoms with Crippen molar-refractivity contribution in [2.75, 3.05) is 20.1 Å². The molecular formula is C24H26N6O3. The van der Waals surface area contributed by atoms with Crippen molar-refractivity contribution >= 4 is 11.8 Å². The number of hydrogen-bond acceptors (Lipinski definition) is 7. The topological polar surface area (TPSA) is 104 Å². The normalized spacial score (nSPS) is 18.7. The van der Waals surface area contributed by atoms with Crippen LogP contribution >= 0.6 is 0 Å². The SMILES string of the molecule is CN(Cc1nc(-c2ccncc2)no1)C(=O)C[C@H]1C(=O)NCCN1C1Cc2ccccc2C1. The van der Waals surface area contributed by atoms with Crippen molar-refractivity contribution in [3.63, 3.8) is 0 Å². The van der Waals surface area contributed by atoms with Crippen molar-refractivity contribution < 1.29 is 14.1 Å². The van der Waals surface area contributed by atoms with E-state index >= 15 is 0 Å². The van der Waals surface area contributed by atoms with E-state index in [0.29, 0.717) is 18.3 Å². The zero-order chi connectivity index (χ0) is 22.8. The molecule has 33 heavy (non-hydrogen) atoms. The molecule has 2 amide bonds. The van der Waals surface area contributed by atoms with Crippen molar-refractivity contribution in [2.24, 2.45) is 0 Å². The van der Waals surface area contributed by atoms with Crippen LogP contribution in [0.1, 0.15) is 23.4 Å². The highest BCUT2D eigenvalue weighted by Gasteiger charge is 2.38. The molecule has 0 bridgehead atoms. The van der Waals surface area contributed by atoms with Crippen LogP contribution in [0.25, 0.3) is 11.4 Å². The Morgan fingerprint density at radius 1 is 1.18 bits per heavy atom. The van der Waals surface area contributed by atoms with Gasteiger partial charge < -0.3 is 14.7 Å². The number of carbonyl (C=O) groups is 2. The Labute approximate surface area is 191 Å². The van der Waals surface area contributed by atoms with Gasteiger partial charge in [0.25, 0.3) is 0 Å². The molecule has 1 aliphatic carbocycles. The molecule has 2 aromatic heterocycles. The largest absolute Gasteiger partial charge is 0.353 e. The summed E-state index contributed by atoms with van der Waals surface area (Å²) in [5.74, 6) is 0.568. The smallest absolute Gasteiger partial charge is 0.246 e. The van der Waals surface area contributed by atoms with Crippen LogP contribution in [0.15, 0.2) is 53.3 Å². The molecule has 1 atom stereocenters. The Balaban J connectivity index is 1.24. The second-order valence-electron chi connectivity index (χ2n) is 8.58. The number of benzene rings is 1. The molecule has 1 saturated heterocycles. The number of nitrogens with one attached hydrogen (secondary N) is 1. The van der Waals surface area contributed by atoms with Gasteiger partial charge in [-0.25, -0.2) is 0 Å². The monoisotopic (exact) mass is 446 g/mol. The lowest BCUT2D eigenvalue weighted by molar-refractivity contribution is -0.139. The second kappa shape index (κ2) is 9.11. The Kier molecular flexibility index (Phi) is 5.87. The van der Waals surface area contributed by atoms with E-state index in [1.807, 2.05) is 0 Å². The van der Waals surface area contributed by atoms with Crippen molar-refractivity contribution in [1.82, 2.24) is 30.2 Å². The van der Waals surface area contributed by atoms with Gasteiger partial charge in [0.1, 0.15) is 0 Å². The molecule has 0 spiro atoms. The number of aromatic nitrogens is 3. The van der Waals surface area contributed by atoms with Crippen molar-refractivity contribution in [3.05, 3.63) is 65.8 Å². The van der Waals surface area contributed by atoms with Gasteiger partial charge in [-0.1, -0.05) is 29.4 Å². The van der Waals surface area contributed by atoms with Crippen molar-refractivity contribution in [2.45, 2.75) is 37.9 Å². The van der Waals surface area contributed by atoms with Gasteiger partial charge in [-0.05, 0) is 36.1 Å². The van der Waals surface area contributed by atoms with E-state index < -0.39 is 6.04 Å². The summed E-state index contributed by atoms with van der Waals surface area (Å²) in [4.78, 5) is 37.9. The van der Waals surface area contributed by atoms with E-state index in [2.05, 4.69) is 49.6 Å². The van der Waals surface area contributed by atoms with Crippen molar-refractivity contribution in [1.29, 1.82) is 0 Å². The first-order valence-electron chi connectivity index (χ1n) is 11.2. The number of piperazine rings is 1. The molecule has 3 heterocycles. The fourth-order valence-electron chi connectivity index (χ4n) is 4.70. The summed E-state index contributed by atoms with van der Waals surface area (Å²) in [5.41, 5.74) is 3.45. The van der Waals surface area contributed by atoms with Crippen LogP contribution in [0, 0.1) is 0 Å². The number of fused-ring (bicyclic) bond motifs is 1. The van der Waals surface area contributed by atoms with E-state index in [-0.39, 0.29) is 30.8 Å². The molecule has 3 aromatic rings. The Morgan fingerprint density at radius 2 is 1.91 bits per heavy atom. The molecule has 9 heteroatoms. The quantitative estimate of drug-likeness (QED) is 0.611. The summed E-state index contributed by atoms with van der Waals surface area (Å²) in [5, 5.41) is 6.91. The first-order valence-corrected chi connectivity index (χ1v) is 11.2. The maximum absolute atomic E-state index is 13.0. The third-order valence-electron chi connectivity index (χ3n) is 6.44. The number of carbonyl (C=O) groups excluding carboxylic acids is 2. The summed E-state index contributed by atoms with van der Waals surface area (Å²) in [6.07, 6.45) is 5.24. The van der Waals surface area contributed by atoms with E-state index in [0.717, 1.165) is 24.9 Å². The Morgan fingerprint density at radius 3 is 2.64 bits per heavy atom. The molecule has 170 valence electrons. The number of rotatable bonds is 6. The lowest BCUT2D eigenvalue weighted by Crippen LogP contribution is -2.59. The standard InChI is InChI=1S/C24H26N6O3/c1-29(15-21-27-23(28-33-21)16-6-8-25-9-7-16)22(31)14-20-24(32)26-10-11-30(20)19-12-17-4-2-3-5-18(17)13-19/h2-9,19-20H,10-15H2,1H3,(H,26,32)/t20-/m0/s1. The maximum Gasteiger partial charge on any atom is 0.246 e. The van der Waals surface area contributed by atoms with Crippen LogP contribution < -0.4 is 5.32 Å². The summed E-state index contributed by atoms with van der Waals surface area (Å²) in [7, 11) is 1.69. The molecule has 1 aliphatic heterocycles. The van der Waals surface area contributed by atoms with Gasteiger partial charge in [-0.3, -0.25) is 19.5 Å². The number of pyridine rings is 1. The minimum absolute atomic E-state index is 0.0864. The molecule has 9 nitrogen and oxygen atoms in total. The first-order chi connectivity index (χ1) is 16.1. The van der Waals surface area contributed by atoms with Crippen LogP contribution in [0.4, 0.5) is 0 Å². The average molecular weight is 447 g/mol. The summed E-state index contributed by atoms with van der Waals surface area (Å²) >= 11 is 0. The molecule has 0 unspecified atom stereocenters. The first kappa shape index (κ1) is 21.3. The minimum atomic E-state index is -0.483. The van der Waals surface area contributed by atoms with E-state index in [4.69, 9.17) is 4.52 Å². The van der Waals surface area contributed by atoms with Gasteiger partial charge in [-0.15, -0.1) is 0 Å². The number of nitrogens with zero attached hydrogens (tertiary/aromatic N) is 5. The zero-order valence-electron chi connectivity index (χ0n) is 18.5. The van der Waals surface area contributed by atoms with Crippen molar-refractivity contribution in [3.8, 4) is 11.4 Å². The van der Waals surface area contributed by atoms with E-state index in [1.54, 1.807) is 31.6 Å². The van der Waals surface area contributed by atoms with Gasteiger partial charge in [0.2, 0.25) is 23.5 Å². The van der Waals surface area contributed by atoms with Crippen LogP contribution in [0.3, 0.4) is 0 Å². The number of hydrogen-bond donors (Lipinski definition) is 1. The van der Waals surface area contributed by atoms with Gasteiger partial charge in [0, 0.05) is 44.1 Å². The van der Waals surface area contributed by atoms with Crippen LogP contribution in [-0.2, 0) is 29.0 Å². The fourth-order valence-corrected chi connectivity index (χ4v) is 4.70. The third kappa shape index (κ3) is 4.49. The zero-order valence-corrected chi connectivity index (χ0v) is 18.5. The van der Waals surface area contributed by atoms with Gasteiger partial charge in [-0.2, -0.15) is 4.98 Å². The summed E-state index contributed by atoms with van der Waals surface area (Å²) < 4.78 is 5.32. The van der Waals surface area contributed by atoms with Crippen LogP contribution in [-0.4, -0.2) is 69.0 Å². The molecule has 1 N–H and O–H groups in total. The average Bonchev–Trinajstić information content (AvgIpc) is 3.48. The minimum Gasteiger partial charge on any atom is -0.353 e. The molecule has 0 radical (unpaired) electrons. The second-order valence-corrected chi connectivity index (χ2v) is 8.58. The highest BCUT2D eigenvalue weighted by molar-refractivity contribution is 5.88. The molecule has 5 rings (SSSR count). The molecule has 0 saturated carbocycles. The molecule has 1 aromatic carbocycles. The molecule has 2 aliphatic rings. The predicted molar refractivity (Wildman–Crippen MR) is 120 cm³/mol. The van der Waals surface area contributed by atoms with Gasteiger partial charge in [0.05, 0.1) is 19.0 Å². The van der Waals surface area contributed by atoms with Crippen LogP contribution in [0.5, 0.6) is 0 Å². The van der Waals surface area contributed by atoms with Gasteiger partial charge >= 0.3 is 0 Å².